The van der Waals surface area contributed by atoms with Crippen molar-refractivity contribution in [2.24, 2.45) is 0 Å². The van der Waals surface area contributed by atoms with Gasteiger partial charge in [-0.2, -0.15) is 0 Å². The molecule has 2 rings (SSSR count). The van der Waals surface area contributed by atoms with E-state index in [0.29, 0.717) is 6.04 Å². The maximum Gasteiger partial charge on any atom is 0.0349 e. The summed E-state index contributed by atoms with van der Waals surface area (Å²) in [4.78, 5) is 2.66. The minimum atomic E-state index is 0.618. The Balaban J connectivity index is 2.10. The fraction of sp³-hybridized carbons (Fsp3) is 0.647. The molecular formula is C17H28N2. The predicted octanol–water partition coefficient (Wildman–Crippen LogP) is 3.39. The smallest absolute Gasteiger partial charge is 0.0349 e. The van der Waals surface area contributed by atoms with E-state index in [9.17, 15) is 0 Å². The lowest BCUT2D eigenvalue weighted by molar-refractivity contribution is 0.163. The van der Waals surface area contributed by atoms with E-state index in [2.05, 4.69) is 48.3 Å². The topological polar surface area (TPSA) is 15.3 Å². The van der Waals surface area contributed by atoms with Gasteiger partial charge >= 0.3 is 0 Å². The van der Waals surface area contributed by atoms with Crippen LogP contribution in [0.25, 0.3) is 0 Å². The molecule has 1 N–H and O–H groups in total. The van der Waals surface area contributed by atoms with Crippen molar-refractivity contribution in [2.75, 3.05) is 26.2 Å². The first kappa shape index (κ1) is 14.5. The summed E-state index contributed by atoms with van der Waals surface area (Å²) < 4.78 is 0. The molecule has 1 aliphatic rings. The molecule has 1 heterocycles. The van der Waals surface area contributed by atoms with Crippen LogP contribution in [-0.4, -0.2) is 31.1 Å². The van der Waals surface area contributed by atoms with Gasteiger partial charge in [-0.25, -0.2) is 0 Å². The van der Waals surface area contributed by atoms with Crippen LogP contribution in [0.1, 0.15) is 50.3 Å². The van der Waals surface area contributed by atoms with Crippen molar-refractivity contribution in [1.82, 2.24) is 10.2 Å². The first-order valence-electron chi connectivity index (χ1n) is 7.88. The monoisotopic (exact) mass is 260 g/mol. The van der Waals surface area contributed by atoms with Crippen molar-refractivity contribution < 1.29 is 0 Å². The first-order chi connectivity index (χ1) is 9.35. The van der Waals surface area contributed by atoms with Gasteiger partial charge in [0.15, 0.2) is 0 Å². The lowest BCUT2D eigenvalue weighted by Crippen LogP contribution is -2.45. The lowest BCUT2D eigenvalue weighted by atomic mass is 9.97. The standard InChI is InChI=1S/C17H28N2/c1-3-5-6-17(19-13-11-18-12-14-19)16-9-7-15(4-2)8-10-16/h7-10,17-18H,3-6,11-14H2,1-2H3. The predicted molar refractivity (Wildman–Crippen MR) is 82.5 cm³/mol. The third kappa shape index (κ3) is 4.05. The highest BCUT2D eigenvalue weighted by atomic mass is 15.2. The van der Waals surface area contributed by atoms with Crippen molar-refractivity contribution in [3.05, 3.63) is 35.4 Å². The Labute approximate surface area is 118 Å². The number of piperazine rings is 1. The zero-order chi connectivity index (χ0) is 13.5. The van der Waals surface area contributed by atoms with E-state index in [1.165, 1.54) is 43.5 Å². The van der Waals surface area contributed by atoms with Gasteiger partial charge in [-0.3, -0.25) is 4.90 Å². The summed E-state index contributed by atoms with van der Waals surface area (Å²) in [7, 11) is 0. The average Bonchev–Trinajstić information content (AvgIpc) is 2.49. The Hall–Kier alpha value is -0.860. The molecule has 1 aliphatic heterocycles. The van der Waals surface area contributed by atoms with Crippen molar-refractivity contribution in [3.8, 4) is 0 Å². The molecule has 2 heteroatoms. The average molecular weight is 260 g/mol. The maximum absolute atomic E-state index is 3.45. The largest absolute Gasteiger partial charge is 0.314 e. The first-order valence-corrected chi connectivity index (χ1v) is 7.88. The van der Waals surface area contributed by atoms with Crippen LogP contribution in [0.2, 0.25) is 0 Å². The van der Waals surface area contributed by atoms with E-state index < -0.39 is 0 Å². The minimum absolute atomic E-state index is 0.618. The number of nitrogens with zero attached hydrogens (tertiary/aromatic N) is 1. The summed E-state index contributed by atoms with van der Waals surface area (Å²) >= 11 is 0. The highest BCUT2D eigenvalue weighted by Crippen LogP contribution is 2.27. The molecule has 2 nitrogen and oxygen atoms in total. The molecule has 1 aromatic carbocycles. The zero-order valence-corrected chi connectivity index (χ0v) is 12.5. The quantitative estimate of drug-likeness (QED) is 0.843. The van der Waals surface area contributed by atoms with Crippen LogP contribution in [0.15, 0.2) is 24.3 Å². The van der Waals surface area contributed by atoms with E-state index in [4.69, 9.17) is 0 Å². The summed E-state index contributed by atoms with van der Waals surface area (Å²) in [5, 5.41) is 3.45. The van der Waals surface area contributed by atoms with Crippen LogP contribution in [0, 0.1) is 0 Å². The molecule has 106 valence electrons. The molecule has 1 atom stereocenters. The van der Waals surface area contributed by atoms with Crippen molar-refractivity contribution >= 4 is 0 Å². The van der Waals surface area contributed by atoms with Gasteiger partial charge in [-0.15, -0.1) is 0 Å². The van der Waals surface area contributed by atoms with Crippen LogP contribution in [0.4, 0.5) is 0 Å². The van der Waals surface area contributed by atoms with E-state index >= 15 is 0 Å². The molecular weight excluding hydrogens is 232 g/mol. The van der Waals surface area contributed by atoms with Gasteiger partial charge < -0.3 is 5.32 Å². The van der Waals surface area contributed by atoms with Crippen LogP contribution in [-0.2, 0) is 6.42 Å². The number of unbranched alkanes of at least 4 members (excludes halogenated alkanes) is 1. The molecule has 0 bridgehead atoms. The van der Waals surface area contributed by atoms with Gasteiger partial charge in [0.1, 0.15) is 0 Å². The number of benzene rings is 1. The second-order valence-corrected chi connectivity index (χ2v) is 5.54. The van der Waals surface area contributed by atoms with Gasteiger partial charge in [-0.1, -0.05) is 51.0 Å². The molecule has 0 amide bonds. The van der Waals surface area contributed by atoms with Gasteiger partial charge in [0.25, 0.3) is 0 Å². The summed E-state index contributed by atoms with van der Waals surface area (Å²) in [6, 6.07) is 9.92. The molecule has 0 aromatic heterocycles. The molecule has 19 heavy (non-hydrogen) atoms. The molecule has 0 spiro atoms. The summed E-state index contributed by atoms with van der Waals surface area (Å²) in [5.41, 5.74) is 2.95. The van der Waals surface area contributed by atoms with Crippen LogP contribution >= 0.6 is 0 Å². The van der Waals surface area contributed by atoms with E-state index in [-0.39, 0.29) is 0 Å². The summed E-state index contributed by atoms with van der Waals surface area (Å²) in [5.74, 6) is 0. The van der Waals surface area contributed by atoms with Crippen LogP contribution in [0.5, 0.6) is 0 Å². The molecule has 0 saturated carbocycles. The third-order valence-electron chi connectivity index (χ3n) is 4.20. The third-order valence-corrected chi connectivity index (χ3v) is 4.20. The highest BCUT2D eigenvalue weighted by molar-refractivity contribution is 5.25. The fourth-order valence-electron chi connectivity index (χ4n) is 2.93. The molecule has 1 fully saturated rings. The Kier molecular flexibility index (Phi) is 5.87. The van der Waals surface area contributed by atoms with Crippen LogP contribution < -0.4 is 5.32 Å². The summed E-state index contributed by atoms with van der Waals surface area (Å²) in [6.45, 7) is 9.15. The van der Waals surface area contributed by atoms with Gasteiger partial charge in [0, 0.05) is 32.2 Å². The zero-order valence-electron chi connectivity index (χ0n) is 12.5. The fourth-order valence-corrected chi connectivity index (χ4v) is 2.93. The van der Waals surface area contributed by atoms with Crippen molar-refractivity contribution in [3.63, 3.8) is 0 Å². The SMILES string of the molecule is CCCCC(c1ccc(CC)cc1)N1CCNCC1. The summed E-state index contributed by atoms with van der Waals surface area (Å²) in [6.07, 6.45) is 5.04. The maximum atomic E-state index is 3.45. The highest BCUT2D eigenvalue weighted by Gasteiger charge is 2.21. The van der Waals surface area contributed by atoms with E-state index in [1.807, 2.05) is 0 Å². The molecule has 1 saturated heterocycles. The van der Waals surface area contributed by atoms with Gasteiger partial charge in [0.05, 0.1) is 0 Å². The minimum Gasteiger partial charge on any atom is -0.314 e. The lowest BCUT2D eigenvalue weighted by Gasteiger charge is -2.35. The van der Waals surface area contributed by atoms with Gasteiger partial charge in [0.2, 0.25) is 0 Å². The normalized spacial score (nSPS) is 18.4. The molecule has 0 aliphatic carbocycles. The second kappa shape index (κ2) is 7.66. The number of hydrogen-bond acceptors (Lipinski definition) is 2. The number of hydrogen-bond donors (Lipinski definition) is 1. The Bertz CT molecular complexity index is 352. The number of nitrogens with one attached hydrogen (secondary N) is 1. The Morgan fingerprint density at radius 1 is 1.11 bits per heavy atom. The Morgan fingerprint density at radius 3 is 2.37 bits per heavy atom. The van der Waals surface area contributed by atoms with Crippen molar-refractivity contribution in [2.45, 2.75) is 45.6 Å². The molecule has 0 radical (unpaired) electrons. The number of aryl methyl sites for hydroxylation is 1. The van der Waals surface area contributed by atoms with Crippen molar-refractivity contribution in [1.29, 1.82) is 0 Å². The number of rotatable bonds is 6. The van der Waals surface area contributed by atoms with Gasteiger partial charge in [-0.05, 0) is 24.0 Å². The van der Waals surface area contributed by atoms with E-state index in [1.54, 1.807) is 0 Å². The molecule has 1 unspecified atom stereocenters. The molecule has 1 aromatic rings. The van der Waals surface area contributed by atoms with E-state index in [0.717, 1.165) is 19.5 Å². The Morgan fingerprint density at radius 2 is 1.79 bits per heavy atom. The van der Waals surface area contributed by atoms with Crippen LogP contribution in [0.3, 0.4) is 0 Å². The second-order valence-electron chi connectivity index (χ2n) is 5.54.